The number of methoxy groups -OCH3 is 1. The molecular weight excluding hydrogens is 402 g/mol. The van der Waals surface area contributed by atoms with Crippen molar-refractivity contribution >= 4 is 34.6 Å². The number of ether oxygens (including phenoxy) is 1. The molecule has 7 nitrogen and oxygen atoms in total. The van der Waals surface area contributed by atoms with Crippen molar-refractivity contribution < 1.29 is 14.5 Å². The summed E-state index contributed by atoms with van der Waals surface area (Å²) in [5.74, 6) is 0.507. The Hall–Kier alpha value is -3.26. The lowest BCUT2D eigenvalue weighted by atomic mass is 10.1. The quantitative estimate of drug-likeness (QED) is 0.209. The molecule has 3 rings (SSSR count). The van der Waals surface area contributed by atoms with Gasteiger partial charge in [0.2, 0.25) is 0 Å². The van der Waals surface area contributed by atoms with E-state index < -0.39 is 10.9 Å². The third kappa shape index (κ3) is 5.01. The monoisotopic (exact) mass is 425 g/mol. The van der Waals surface area contributed by atoms with E-state index in [0.717, 1.165) is 41.2 Å². The summed E-state index contributed by atoms with van der Waals surface area (Å²) in [7, 11) is 1.37. The Labute approximate surface area is 178 Å². The zero-order valence-electron chi connectivity index (χ0n) is 16.9. The van der Waals surface area contributed by atoms with Crippen molar-refractivity contribution in [1.29, 1.82) is 0 Å². The van der Waals surface area contributed by atoms with Crippen molar-refractivity contribution in [2.45, 2.75) is 32.7 Å². The first kappa shape index (κ1) is 21.4. The molecule has 0 saturated carbocycles. The first-order chi connectivity index (χ1) is 14.5. The number of non-ortho nitro benzene ring substituents is 1. The standard InChI is InChI=1S/C22H23N3O4S/c1-3-4-7-21-23-14-18(13-19(22(26)29-2)20-6-5-12-30-20)24(21)15-16-8-10-17(11-9-16)25(27)28/h5-6,8-14H,3-4,7,15H2,1-2H3. The van der Waals surface area contributed by atoms with Crippen molar-refractivity contribution in [3.63, 3.8) is 0 Å². The van der Waals surface area contributed by atoms with Crippen LogP contribution in [0.4, 0.5) is 5.69 Å². The number of thiophene rings is 1. The van der Waals surface area contributed by atoms with Crippen LogP contribution in [0.1, 0.15) is 41.7 Å². The van der Waals surface area contributed by atoms with Gasteiger partial charge in [0.05, 0.1) is 29.5 Å². The molecule has 0 spiro atoms. The summed E-state index contributed by atoms with van der Waals surface area (Å²) < 4.78 is 7.03. The summed E-state index contributed by atoms with van der Waals surface area (Å²) in [6, 6.07) is 10.3. The second kappa shape index (κ2) is 9.98. The van der Waals surface area contributed by atoms with Crippen molar-refractivity contribution in [1.82, 2.24) is 9.55 Å². The third-order valence-corrected chi connectivity index (χ3v) is 5.60. The highest BCUT2D eigenvalue weighted by Crippen LogP contribution is 2.25. The van der Waals surface area contributed by atoms with E-state index in [2.05, 4.69) is 11.9 Å². The summed E-state index contributed by atoms with van der Waals surface area (Å²) in [6.07, 6.45) is 6.40. The largest absolute Gasteiger partial charge is 0.465 e. The molecule has 0 N–H and O–H groups in total. The summed E-state index contributed by atoms with van der Waals surface area (Å²) >= 11 is 1.47. The molecule has 0 aliphatic rings. The molecule has 0 amide bonds. The van der Waals surface area contributed by atoms with Gasteiger partial charge in [-0.3, -0.25) is 10.1 Å². The SMILES string of the molecule is CCCCc1ncc(C=C(C(=O)OC)c2cccs2)n1Cc1ccc([N+](=O)[O-])cc1. The smallest absolute Gasteiger partial charge is 0.339 e. The Kier molecular flexibility index (Phi) is 7.13. The molecule has 0 aliphatic carbocycles. The summed E-state index contributed by atoms with van der Waals surface area (Å²) in [5.41, 5.74) is 2.23. The number of hydrogen-bond donors (Lipinski definition) is 0. The van der Waals surface area contributed by atoms with Crippen LogP contribution in [0.2, 0.25) is 0 Å². The van der Waals surface area contributed by atoms with Crippen LogP contribution in [-0.2, 0) is 22.5 Å². The lowest BCUT2D eigenvalue weighted by Gasteiger charge is -2.11. The van der Waals surface area contributed by atoms with E-state index in [1.54, 1.807) is 24.4 Å². The van der Waals surface area contributed by atoms with Crippen LogP contribution in [0.25, 0.3) is 11.6 Å². The van der Waals surface area contributed by atoms with Gasteiger partial charge in [-0.2, -0.15) is 0 Å². The number of aryl methyl sites for hydroxylation is 1. The number of carbonyl (C=O) groups excluding carboxylic acids is 1. The maximum absolute atomic E-state index is 12.4. The minimum absolute atomic E-state index is 0.0568. The number of unbranched alkanes of at least 4 members (excludes halogenated alkanes) is 1. The molecule has 0 aliphatic heterocycles. The van der Waals surface area contributed by atoms with Crippen molar-refractivity contribution in [2.24, 2.45) is 0 Å². The van der Waals surface area contributed by atoms with Gasteiger partial charge in [0.15, 0.2) is 0 Å². The molecular formula is C22H23N3O4S. The van der Waals surface area contributed by atoms with E-state index in [1.807, 2.05) is 22.1 Å². The Balaban J connectivity index is 2.01. The van der Waals surface area contributed by atoms with Gasteiger partial charge < -0.3 is 9.30 Å². The van der Waals surface area contributed by atoms with Gasteiger partial charge in [-0.1, -0.05) is 31.5 Å². The number of esters is 1. The topological polar surface area (TPSA) is 87.3 Å². The minimum atomic E-state index is -0.411. The minimum Gasteiger partial charge on any atom is -0.465 e. The average molecular weight is 426 g/mol. The number of nitro groups is 1. The predicted molar refractivity (Wildman–Crippen MR) is 117 cm³/mol. The highest BCUT2D eigenvalue weighted by atomic mass is 32.1. The van der Waals surface area contributed by atoms with Gasteiger partial charge in [-0.15, -0.1) is 11.3 Å². The maximum atomic E-state index is 12.4. The third-order valence-electron chi connectivity index (χ3n) is 4.70. The molecule has 0 saturated heterocycles. The van der Waals surface area contributed by atoms with Crippen molar-refractivity contribution in [2.75, 3.05) is 7.11 Å². The summed E-state index contributed by atoms with van der Waals surface area (Å²) in [5, 5.41) is 12.8. The van der Waals surface area contributed by atoms with Gasteiger partial charge in [0, 0.05) is 30.0 Å². The average Bonchev–Trinajstić information content (AvgIpc) is 3.41. The number of aromatic nitrogens is 2. The molecule has 30 heavy (non-hydrogen) atoms. The van der Waals surface area contributed by atoms with Crippen LogP contribution in [0.5, 0.6) is 0 Å². The van der Waals surface area contributed by atoms with Crippen LogP contribution in [0, 0.1) is 10.1 Å². The lowest BCUT2D eigenvalue weighted by molar-refractivity contribution is -0.384. The van der Waals surface area contributed by atoms with Gasteiger partial charge in [0.25, 0.3) is 5.69 Å². The van der Waals surface area contributed by atoms with E-state index in [4.69, 9.17) is 4.74 Å². The Bertz CT molecular complexity index is 1040. The number of hydrogen-bond acceptors (Lipinski definition) is 6. The highest BCUT2D eigenvalue weighted by molar-refractivity contribution is 7.11. The normalized spacial score (nSPS) is 11.5. The fraction of sp³-hybridized carbons (Fsp3) is 0.273. The second-order valence-electron chi connectivity index (χ2n) is 6.74. The van der Waals surface area contributed by atoms with E-state index in [0.29, 0.717) is 12.1 Å². The number of nitro benzene ring substituents is 1. The lowest BCUT2D eigenvalue weighted by Crippen LogP contribution is -2.09. The number of rotatable bonds is 9. The molecule has 0 unspecified atom stereocenters. The van der Waals surface area contributed by atoms with Crippen LogP contribution >= 0.6 is 11.3 Å². The maximum Gasteiger partial charge on any atom is 0.339 e. The number of nitrogens with zero attached hydrogens (tertiary/aromatic N) is 3. The van der Waals surface area contributed by atoms with Crippen molar-refractivity contribution in [3.8, 4) is 0 Å². The van der Waals surface area contributed by atoms with Crippen LogP contribution in [0.3, 0.4) is 0 Å². The van der Waals surface area contributed by atoms with Gasteiger partial charge in [0.1, 0.15) is 5.82 Å². The molecule has 0 atom stereocenters. The van der Waals surface area contributed by atoms with Crippen LogP contribution in [-0.4, -0.2) is 27.6 Å². The van der Waals surface area contributed by atoms with Crippen molar-refractivity contribution in [3.05, 3.63) is 80.0 Å². The molecule has 2 aromatic heterocycles. The van der Waals surface area contributed by atoms with E-state index in [1.165, 1.54) is 30.6 Å². The number of carbonyl (C=O) groups is 1. The van der Waals surface area contributed by atoms with Gasteiger partial charge in [-0.05, 0) is 29.5 Å². The molecule has 8 heteroatoms. The zero-order chi connectivity index (χ0) is 21.5. The Morgan fingerprint density at radius 1 is 1.30 bits per heavy atom. The van der Waals surface area contributed by atoms with Gasteiger partial charge in [-0.25, -0.2) is 9.78 Å². The molecule has 1 aromatic carbocycles. The Morgan fingerprint density at radius 2 is 2.07 bits per heavy atom. The summed E-state index contributed by atoms with van der Waals surface area (Å²) in [4.78, 5) is 28.3. The zero-order valence-corrected chi connectivity index (χ0v) is 17.7. The molecule has 0 bridgehead atoms. The van der Waals surface area contributed by atoms with E-state index in [9.17, 15) is 14.9 Å². The predicted octanol–water partition coefficient (Wildman–Crippen LogP) is 4.96. The van der Waals surface area contributed by atoms with Crippen LogP contribution < -0.4 is 0 Å². The fourth-order valence-electron chi connectivity index (χ4n) is 3.09. The molecule has 0 radical (unpaired) electrons. The Morgan fingerprint density at radius 3 is 2.67 bits per heavy atom. The summed E-state index contributed by atoms with van der Waals surface area (Å²) in [6.45, 7) is 2.62. The van der Waals surface area contributed by atoms with E-state index in [-0.39, 0.29) is 5.69 Å². The highest BCUT2D eigenvalue weighted by Gasteiger charge is 2.17. The number of imidazole rings is 1. The number of benzene rings is 1. The molecule has 2 heterocycles. The molecule has 156 valence electrons. The first-order valence-corrected chi connectivity index (χ1v) is 10.5. The molecule has 0 fully saturated rings. The van der Waals surface area contributed by atoms with Gasteiger partial charge >= 0.3 is 5.97 Å². The fourth-order valence-corrected chi connectivity index (χ4v) is 3.82. The van der Waals surface area contributed by atoms with Crippen LogP contribution in [0.15, 0.2) is 48.0 Å². The van der Waals surface area contributed by atoms with E-state index >= 15 is 0 Å². The second-order valence-corrected chi connectivity index (χ2v) is 7.69. The first-order valence-electron chi connectivity index (χ1n) is 9.65. The molecule has 3 aromatic rings.